The second kappa shape index (κ2) is 17.8. The number of hydrogen-bond donors (Lipinski definition) is 1. The van der Waals surface area contributed by atoms with Gasteiger partial charge >= 0.3 is 6.18 Å². The van der Waals surface area contributed by atoms with E-state index in [4.69, 9.17) is 10.1 Å². The summed E-state index contributed by atoms with van der Waals surface area (Å²) in [5.74, 6) is -0.179. The number of aliphatic hydroxyl groups is 1. The Morgan fingerprint density at radius 1 is 0.815 bits per heavy atom. The summed E-state index contributed by atoms with van der Waals surface area (Å²) in [6, 6.07) is 22.0. The zero-order valence-electron chi connectivity index (χ0n) is 32.7. The van der Waals surface area contributed by atoms with E-state index in [1.165, 1.54) is 96.2 Å². The van der Waals surface area contributed by atoms with Gasteiger partial charge < -0.3 is 5.11 Å². The smallest absolute Gasteiger partial charge is 0.448 e. The number of hydrogen-bond acceptors (Lipinski definition) is 3. The van der Waals surface area contributed by atoms with Crippen molar-refractivity contribution in [2.24, 2.45) is 17.8 Å². The number of alkyl halides is 3. The molecule has 0 unspecified atom stereocenters. The Bertz CT molecular complexity index is 1940. The Morgan fingerprint density at radius 3 is 2.06 bits per heavy atom. The van der Waals surface area contributed by atoms with Gasteiger partial charge in [0.1, 0.15) is 0 Å². The van der Waals surface area contributed by atoms with Crippen LogP contribution >= 0.6 is 0 Å². The number of aliphatic hydroxyl groups excluding tert-OH is 1. The number of fused-ring (bicyclic) bond motifs is 2. The quantitative estimate of drug-likeness (QED) is 0.123. The third-order valence-electron chi connectivity index (χ3n) is 12.2. The molecule has 1 aromatic heterocycles. The second-order valence-corrected chi connectivity index (χ2v) is 17.2. The molecule has 3 nitrogen and oxygen atoms in total. The van der Waals surface area contributed by atoms with E-state index in [9.17, 15) is 18.0 Å². The molecule has 0 atom stereocenters. The van der Waals surface area contributed by atoms with Crippen LogP contribution in [-0.2, 0) is 30.3 Å². The van der Waals surface area contributed by atoms with Crippen molar-refractivity contribution in [3.8, 4) is 11.3 Å². The van der Waals surface area contributed by atoms with Crippen molar-refractivity contribution in [3.63, 3.8) is 0 Å². The van der Waals surface area contributed by atoms with Crippen molar-refractivity contribution in [1.82, 2.24) is 4.98 Å². The summed E-state index contributed by atoms with van der Waals surface area (Å²) in [6.45, 7) is 11.4. The molecule has 7 heteroatoms. The third-order valence-corrected chi connectivity index (χ3v) is 12.2. The molecule has 54 heavy (non-hydrogen) atoms. The summed E-state index contributed by atoms with van der Waals surface area (Å²) in [7, 11) is 0. The van der Waals surface area contributed by atoms with E-state index in [-0.39, 0.29) is 31.4 Å². The van der Waals surface area contributed by atoms with Crippen molar-refractivity contribution in [2.75, 3.05) is 0 Å². The standard InChI is InChI=1S/C37H44N.C10H13F3O2.Ir/c1-24-19-25(2)36-32(28-17-15-27(16-18-28)26-11-7-6-8-12-26)23-34(38-35(36)20-24)30-21-29-13-9-10-14-31(29)33(22-30)37(3,4)5;11-10(12,13)9(15)6-8(14)7-4-2-1-3-5-7;/h9-10,13-14,19-20,22-23,26-28H,6-8,11-12,15-18H2,1-5H3;6-7,15H,1-5H2;/q-1;;/b;9-6-;. The van der Waals surface area contributed by atoms with Crippen molar-refractivity contribution >= 4 is 27.5 Å². The van der Waals surface area contributed by atoms with Crippen LogP contribution in [0.3, 0.4) is 0 Å². The molecule has 3 aliphatic rings. The maximum Gasteiger partial charge on any atom is 0.448 e. The van der Waals surface area contributed by atoms with E-state index in [0.717, 1.165) is 47.9 Å². The van der Waals surface area contributed by atoms with Gasteiger partial charge in [0.25, 0.3) is 0 Å². The van der Waals surface area contributed by atoms with Gasteiger partial charge in [-0.05, 0) is 98.3 Å². The molecule has 0 amide bonds. The Morgan fingerprint density at radius 2 is 1.43 bits per heavy atom. The van der Waals surface area contributed by atoms with Crippen LogP contribution in [0.2, 0.25) is 0 Å². The molecular weight excluding hydrogens is 860 g/mol. The Kier molecular flexibility index (Phi) is 13.9. The molecule has 3 saturated carbocycles. The zero-order valence-corrected chi connectivity index (χ0v) is 35.1. The molecule has 3 aliphatic carbocycles. The second-order valence-electron chi connectivity index (χ2n) is 17.2. The maximum atomic E-state index is 11.9. The zero-order chi connectivity index (χ0) is 37.9. The summed E-state index contributed by atoms with van der Waals surface area (Å²) >= 11 is 0. The van der Waals surface area contributed by atoms with Crippen molar-refractivity contribution in [3.05, 3.63) is 88.7 Å². The molecule has 4 aromatic rings. The topological polar surface area (TPSA) is 50.2 Å². The van der Waals surface area contributed by atoms with Crippen molar-refractivity contribution in [2.45, 2.75) is 142 Å². The number of ketones is 1. The van der Waals surface area contributed by atoms with Gasteiger partial charge in [-0.25, -0.2) is 0 Å². The van der Waals surface area contributed by atoms with Crippen molar-refractivity contribution < 1.29 is 43.2 Å². The number of carbonyl (C=O) groups excluding carboxylic acids is 1. The van der Waals surface area contributed by atoms with Crippen LogP contribution in [0.15, 0.2) is 60.4 Å². The van der Waals surface area contributed by atoms with E-state index in [0.29, 0.717) is 24.8 Å². The van der Waals surface area contributed by atoms with Crippen LogP contribution in [-0.4, -0.2) is 22.1 Å². The predicted molar refractivity (Wildman–Crippen MR) is 211 cm³/mol. The number of pyridine rings is 1. The van der Waals surface area contributed by atoms with Gasteiger partial charge in [-0.3, -0.25) is 9.78 Å². The first kappa shape index (κ1) is 42.1. The maximum absolute atomic E-state index is 11.9. The molecule has 0 spiro atoms. The summed E-state index contributed by atoms with van der Waals surface area (Å²) < 4.78 is 35.7. The average molecular weight is 917 g/mol. The van der Waals surface area contributed by atoms with Gasteiger partial charge in [0.15, 0.2) is 5.78 Å². The fourth-order valence-corrected chi connectivity index (χ4v) is 9.47. The molecule has 1 heterocycles. The predicted octanol–water partition coefficient (Wildman–Crippen LogP) is 13.8. The first-order chi connectivity index (χ1) is 25.2. The number of nitrogens with zero attached hydrogens (tertiary/aromatic N) is 1. The van der Waals surface area contributed by atoms with Gasteiger partial charge in [-0.1, -0.05) is 113 Å². The summed E-state index contributed by atoms with van der Waals surface area (Å²) in [4.78, 5) is 16.6. The molecule has 0 aliphatic heterocycles. The summed E-state index contributed by atoms with van der Waals surface area (Å²) in [5.41, 5.74) is 9.00. The summed E-state index contributed by atoms with van der Waals surface area (Å²) in [5, 5.41) is 12.5. The minimum atomic E-state index is -4.82. The Labute approximate surface area is 334 Å². The fraction of sp³-hybridized carbons (Fsp3) is 0.532. The molecular formula is C47H57F3IrNO2-. The Balaban J connectivity index is 0.000000297. The molecule has 1 radical (unpaired) electrons. The van der Waals surface area contributed by atoms with E-state index >= 15 is 0 Å². The first-order valence-electron chi connectivity index (χ1n) is 20.1. The molecule has 0 bridgehead atoms. The van der Waals surface area contributed by atoms with E-state index in [1.807, 2.05) is 0 Å². The largest absolute Gasteiger partial charge is 0.504 e. The molecule has 3 aromatic carbocycles. The Hall–Kier alpha value is -3.02. The monoisotopic (exact) mass is 917 g/mol. The number of benzene rings is 3. The third kappa shape index (κ3) is 10.0. The number of allylic oxidation sites excluding steroid dienone is 2. The van der Waals surface area contributed by atoms with Crippen LogP contribution in [0.1, 0.15) is 139 Å². The van der Waals surface area contributed by atoms with Crippen molar-refractivity contribution in [1.29, 1.82) is 0 Å². The van der Waals surface area contributed by atoms with Crippen LogP contribution in [0.25, 0.3) is 32.9 Å². The van der Waals surface area contributed by atoms with Gasteiger partial charge in [-0.2, -0.15) is 13.2 Å². The normalized spacial score (nSPS) is 20.6. The molecule has 293 valence electrons. The van der Waals surface area contributed by atoms with Crippen LogP contribution in [0.4, 0.5) is 13.2 Å². The number of carbonyl (C=O) groups is 1. The van der Waals surface area contributed by atoms with E-state index in [2.05, 4.69) is 89.2 Å². The van der Waals surface area contributed by atoms with Gasteiger partial charge in [0, 0.05) is 43.2 Å². The van der Waals surface area contributed by atoms with E-state index in [1.54, 1.807) is 0 Å². The number of aryl methyl sites for hydroxylation is 2. The molecule has 1 N–H and O–H groups in total. The van der Waals surface area contributed by atoms with Crippen LogP contribution in [0, 0.1) is 37.7 Å². The molecule has 7 rings (SSSR count). The minimum absolute atomic E-state index is 0. The first-order valence-corrected chi connectivity index (χ1v) is 20.1. The van der Waals surface area contributed by atoms with Gasteiger partial charge in [0.05, 0.1) is 5.52 Å². The number of aromatic nitrogens is 1. The van der Waals surface area contributed by atoms with Gasteiger partial charge in [-0.15, -0.1) is 29.1 Å². The fourth-order valence-electron chi connectivity index (χ4n) is 9.47. The van der Waals surface area contributed by atoms with Crippen LogP contribution in [0.5, 0.6) is 0 Å². The summed E-state index contributed by atoms with van der Waals surface area (Å²) in [6.07, 6.45) is 12.3. The minimum Gasteiger partial charge on any atom is -0.504 e. The van der Waals surface area contributed by atoms with E-state index < -0.39 is 17.7 Å². The molecule has 0 saturated heterocycles. The average Bonchev–Trinajstić information content (AvgIpc) is 3.14. The van der Waals surface area contributed by atoms with Gasteiger partial charge in [0.2, 0.25) is 5.76 Å². The SMILES string of the molecule is Cc1cc(C)c2c(C3CCC(C4CCCCC4)CC3)cc(-c3[c-]c4ccccc4c(C(C)(C)C)c3)nc2c1.O=C(/C=C(\O)C(F)(F)F)C1CCCCC1.[Ir]. The number of halogens is 3. The molecule has 3 fully saturated rings. The number of rotatable bonds is 5. The van der Waals surface area contributed by atoms with Crippen LogP contribution < -0.4 is 0 Å².